The number of dihydropyridines is 1. The number of Topliss-reactive ketones (excluding diaryl/α,β-unsaturated/α-hetero) is 1. The van der Waals surface area contributed by atoms with Gasteiger partial charge in [0.1, 0.15) is 0 Å². The van der Waals surface area contributed by atoms with Crippen molar-refractivity contribution >= 4 is 11.8 Å². The van der Waals surface area contributed by atoms with E-state index in [1.165, 1.54) is 0 Å². The SMILES string of the molecule is O=C(O)C(F)(F)F.O=C1CC2=C(C[N+](=O)C1)NCC=C2. The van der Waals surface area contributed by atoms with E-state index in [0.29, 0.717) is 13.0 Å². The molecule has 0 aromatic rings. The number of hydrogen-bond donors (Lipinski definition) is 2. The number of rotatable bonds is 0. The zero-order valence-corrected chi connectivity index (χ0v) is 10.2. The second-order valence-electron chi connectivity index (χ2n) is 4.10. The van der Waals surface area contributed by atoms with Crippen LogP contribution in [-0.4, -0.2) is 47.4 Å². The van der Waals surface area contributed by atoms with Crippen LogP contribution < -0.4 is 5.32 Å². The van der Waals surface area contributed by atoms with Gasteiger partial charge in [-0.05, 0) is 5.57 Å². The average Bonchev–Trinajstić information content (AvgIpc) is 2.44. The van der Waals surface area contributed by atoms with E-state index in [1.807, 2.05) is 12.2 Å². The van der Waals surface area contributed by atoms with Gasteiger partial charge >= 0.3 is 12.1 Å². The average molecular weight is 293 g/mol. The Balaban J connectivity index is 0.000000246. The molecule has 0 aromatic carbocycles. The van der Waals surface area contributed by atoms with Crippen LogP contribution in [0.5, 0.6) is 0 Å². The van der Waals surface area contributed by atoms with Crippen LogP contribution >= 0.6 is 0 Å². The molecule has 110 valence electrons. The van der Waals surface area contributed by atoms with Crippen LogP contribution in [-0.2, 0) is 9.59 Å². The maximum Gasteiger partial charge on any atom is 0.490 e. The molecule has 6 nitrogen and oxygen atoms in total. The smallest absolute Gasteiger partial charge is 0.475 e. The molecular weight excluding hydrogens is 281 g/mol. The first kappa shape index (κ1) is 15.9. The number of halogens is 3. The number of allylic oxidation sites excluding steroid dienone is 2. The fourth-order valence-electron chi connectivity index (χ4n) is 1.62. The maximum absolute atomic E-state index is 11.2. The molecule has 0 aliphatic carbocycles. The molecule has 20 heavy (non-hydrogen) atoms. The summed E-state index contributed by atoms with van der Waals surface area (Å²) in [6.07, 6.45) is -0.799. The summed E-state index contributed by atoms with van der Waals surface area (Å²) in [5.74, 6) is -2.76. The quantitative estimate of drug-likeness (QED) is 0.645. The first-order chi connectivity index (χ1) is 9.20. The van der Waals surface area contributed by atoms with E-state index < -0.39 is 12.1 Å². The molecule has 0 aromatic heterocycles. The Bertz CT molecular complexity index is 494. The van der Waals surface area contributed by atoms with Gasteiger partial charge in [0.05, 0.1) is 5.70 Å². The molecule has 2 aliphatic rings. The zero-order valence-electron chi connectivity index (χ0n) is 10.2. The topological polar surface area (TPSA) is 86.5 Å². The third-order valence-electron chi connectivity index (χ3n) is 2.46. The Labute approximate surface area is 111 Å². The third kappa shape index (κ3) is 4.82. The van der Waals surface area contributed by atoms with Gasteiger partial charge in [-0.3, -0.25) is 4.79 Å². The fraction of sp³-hybridized carbons (Fsp3) is 0.455. The Morgan fingerprint density at radius 3 is 2.50 bits per heavy atom. The summed E-state index contributed by atoms with van der Waals surface area (Å²) in [5.41, 5.74) is 1.87. The van der Waals surface area contributed by atoms with Gasteiger partial charge in [0.2, 0.25) is 18.9 Å². The Kier molecular flexibility index (Phi) is 5.00. The standard InChI is InChI=1S/C9H11N2O2.C2HF3O2/c12-8-4-7-2-1-3-10-9(7)6-11(13)5-8;3-2(4,5)1(6)7/h1-2,10H,3-6H2;(H,6,7)/q+1;. The summed E-state index contributed by atoms with van der Waals surface area (Å²) in [6.45, 7) is 1.08. The predicted molar refractivity (Wildman–Crippen MR) is 60.8 cm³/mol. The minimum Gasteiger partial charge on any atom is -0.475 e. The predicted octanol–water partition coefficient (Wildman–Crippen LogP) is 0.785. The highest BCUT2D eigenvalue weighted by Gasteiger charge is 2.38. The van der Waals surface area contributed by atoms with E-state index in [0.717, 1.165) is 22.6 Å². The lowest BCUT2D eigenvalue weighted by Crippen LogP contribution is -2.24. The summed E-state index contributed by atoms with van der Waals surface area (Å²) >= 11 is 0. The van der Waals surface area contributed by atoms with Crippen molar-refractivity contribution in [3.05, 3.63) is 28.3 Å². The number of nitroso groups, excluding NO2 is 1. The largest absolute Gasteiger partial charge is 0.490 e. The lowest BCUT2D eigenvalue weighted by atomic mass is 10.1. The number of aliphatic carboxylic acids is 1. The van der Waals surface area contributed by atoms with Crippen molar-refractivity contribution in [2.24, 2.45) is 0 Å². The number of hydrogen-bond acceptors (Lipinski definition) is 4. The van der Waals surface area contributed by atoms with Crippen molar-refractivity contribution in [1.29, 1.82) is 0 Å². The lowest BCUT2D eigenvalue weighted by molar-refractivity contribution is -0.529. The summed E-state index contributed by atoms with van der Waals surface area (Å²) in [6, 6.07) is 0. The molecule has 0 spiro atoms. The molecule has 0 radical (unpaired) electrons. The highest BCUT2D eigenvalue weighted by atomic mass is 19.4. The van der Waals surface area contributed by atoms with Crippen molar-refractivity contribution in [2.75, 3.05) is 19.6 Å². The van der Waals surface area contributed by atoms with Crippen LogP contribution in [0.25, 0.3) is 0 Å². The van der Waals surface area contributed by atoms with Crippen LogP contribution in [0.3, 0.4) is 0 Å². The Morgan fingerprint density at radius 2 is 1.95 bits per heavy atom. The normalized spacial score (nSPS) is 18.6. The fourth-order valence-corrected chi connectivity index (χ4v) is 1.62. The molecule has 0 unspecified atom stereocenters. The van der Waals surface area contributed by atoms with Crippen molar-refractivity contribution in [2.45, 2.75) is 12.6 Å². The van der Waals surface area contributed by atoms with Gasteiger partial charge in [-0.2, -0.15) is 13.2 Å². The number of nitrogens with one attached hydrogen (secondary N) is 1. The van der Waals surface area contributed by atoms with Gasteiger partial charge in [0.15, 0.2) is 0 Å². The number of carboxylic acid groups (broad SMARTS) is 1. The number of alkyl halides is 3. The molecule has 2 heterocycles. The molecule has 0 atom stereocenters. The molecule has 0 saturated carbocycles. The first-order valence-electron chi connectivity index (χ1n) is 5.56. The van der Waals surface area contributed by atoms with E-state index in [9.17, 15) is 22.9 Å². The van der Waals surface area contributed by atoms with E-state index in [-0.39, 0.29) is 12.3 Å². The van der Waals surface area contributed by atoms with Gasteiger partial charge in [0.25, 0.3) is 0 Å². The molecule has 0 fully saturated rings. The highest BCUT2D eigenvalue weighted by molar-refractivity contribution is 5.83. The number of carboxylic acids is 1. The van der Waals surface area contributed by atoms with Gasteiger partial charge in [0, 0.05) is 22.6 Å². The maximum atomic E-state index is 11.2. The van der Waals surface area contributed by atoms with Crippen molar-refractivity contribution in [3.63, 3.8) is 0 Å². The zero-order chi connectivity index (χ0) is 15.3. The second-order valence-corrected chi connectivity index (χ2v) is 4.10. The molecule has 0 amide bonds. The number of carbonyl (C=O) groups is 2. The molecular formula is C11H12F3N2O4+. The van der Waals surface area contributed by atoms with Crippen LogP contribution in [0.15, 0.2) is 23.4 Å². The lowest BCUT2D eigenvalue weighted by Gasteiger charge is -2.11. The monoisotopic (exact) mass is 293 g/mol. The second kappa shape index (κ2) is 6.31. The number of nitrogens with zero attached hydrogens (tertiary/aromatic N) is 1. The van der Waals surface area contributed by atoms with Crippen LogP contribution in [0.2, 0.25) is 0 Å². The van der Waals surface area contributed by atoms with Crippen molar-refractivity contribution in [3.8, 4) is 0 Å². The minimum atomic E-state index is -5.08. The molecule has 9 heteroatoms. The van der Waals surface area contributed by atoms with E-state index in [4.69, 9.17) is 9.90 Å². The molecule has 0 saturated heterocycles. The molecule has 0 bridgehead atoms. The summed E-state index contributed by atoms with van der Waals surface area (Å²) in [7, 11) is 0. The van der Waals surface area contributed by atoms with E-state index >= 15 is 0 Å². The molecule has 2 aliphatic heterocycles. The van der Waals surface area contributed by atoms with Crippen LogP contribution in [0.1, 0.15) is 6.42 Å². The third-order valence-corrected chi connectivity index (χ3v) is 2.46. The van der Waals surface area contributed by atoms with Gasteiger partial charge in [-0.15, -0.1) is 0 Å². The molecule has 2 N–H and O–H groups in total. The van der Waals surface area contributed by atoms with Gasteiger partial charge < -0.3 is 10.4 Å². The van der Waals surface area contributed by atoms with Crippen LogP contribution in [0, 0.1) is 4.91 Å². The number of ketones is 1. The summed E-state index contributed by atoms with van der Waals surface area (Å²) in [5, 5.41) is 10.2. The Morgan fingerprint density at radius 1 is 1.35 bits per heavy atom. The van der Waals surface area contributed by atoms with Crippen LogP contribution in [0.4, 0.5) is 13.2 Å². The van der Waals surface area contributed by atoms with E-state index in [1.54, 1.807) is 0 Å². The highest BCUT2D eigenvalue weighted by Crippen LogP contribution is 2.16. The summed E-state index contributed by atoms with van der Waals surface area (Å²) < 4.78 is 32.5. The number of carbonyl (C=O) groups excluding carboxylic acids is 1. The first-order valence-corrected chi connectivity index (χ1v) is 5.56. The van der Waals surface area contributed by atoms with E-state index in [2.05, 4.69) is 5.32 Å². The Hall–Kier alpha value is -2.19. The van der Waals surface area contributed by atoms with Crippen molar-refractivity contribution in [1.82, 2.24) is 5.32 Å². The van der Waals surface area contributed by atoms with Gasteiger partial charge in [-0.1, -0.05) is 12.2 Å². The van der Waals surface area contributed by atoms with Crippen molar-refractivity contribution < 1.29 is 32.6 Å². The molecule has 2 rings (SSSR count). The summed E-state index contributed by atoms with van der Waals surface area (Å²) in [4.78, 5) is 31.3. The minimum absolute atomic E-state index is 0.00616. The van der Waals surface area contributed by atoms with Gasteiger partial charge in [-0.25, -0.2) is 4.79 Å².